The highest BCUT2D eigenvalue weighted by molar-refractivity contribution is 5.94. The van der Waals surface area contributed by atoms with Crippen molar-refractivity contribution in [2.24, 2.45) is 0 Å². The minimum Gasteiger partial charge on any atom is -0.468 e. The Morgan fingerprint density at radius 2 is 1.70 bits per heavy atom. The minimum atomic E-state index is -5.08. The molecule has 8 nitrogen and oxygen atoms in total. The van der Waals surface area contributed by atoms with Crippen molar-refractivity contribution in [2.45, 2.75) is 12.0 Å². The number of benzene rings is 2. The van der Waals surface area contributed by atoms with Gasteiger partial charge in [-0.3, -0.25) is 10.1 Å². The number of methoxy groups -OCH3 is 2. The molecule has 1 N–H and O–H groups in total. The van der Waals surface area contributed by atoms with Crippen LogP contribution in [0.15, 0.2) is 67.3 Å². The molecule has 0 bridgehead atoms. The number of amides is 1. The molecule has 4 aromatic rings. The van der Waals surface area contributed by atoms with Gasteiger partial charge in [-0.25, -0.2) is 14.5 Å². The molecule has 0 radical (unpaired) electrons. The van der Waals surface area contributed by atoms with Crippen LogP contribution in [0.2, 0.25) is 0 Å². The van der Waals surface area contributed by atoms with Gasteiger partial charge in [0.15, 0.2) is 0 Å². The second-order valence-corrected chi connectivity index (χ2v) is 6.93. The van der Waals surface area contributed by atoms with Gasteiger partial charge in [-0.1, -0.05) is 24.3 Å². The number of ether oxygens (including phenoxy) is 2. The van der Waals surface area contributed by atoms with E-state index < -0.39 is 23.9 Å². The standard InChI is InChI=1S/C22H18F3N5O3/c1-32-20-28-17-10-15(16-11-26-13-27-12-16)8-9-18(17)30(20)22(33-2,21(23,24)25)29-19(31)14-6-4-3-5-7-14/h3-13H,1-2H3,(H,29,31). The molecule has 0 fully saturated rings. The number of nitrogens with one attached hydrogen (secondary N) is 1. The highest BCUT2D eigenvalue weighted by Gasteiger charge is 2.61. The summed E-state index contributed by atoms with van der Waals surface area (Å²) in [5.74, 6) is -4.28. The third kappa shape index (κ3) is 3.87. The second-order valence-electron chi connectivity index (χ2n) is 6.93. The van der Waals surface area contributed by atoms with E-state index in [1.807, 2.05) is 5.32 Å². The largest absolute Gasteiger partial charge is 0.468 e. The summed E-state index contributed by atoms with van der Waals surface area (Å²) in [6, 6.07) is 11.7. The van der Waals surface area contributed by atoms with Crippen LogP contribution in [0.1, 0.15) is 10.4 Å². The molecule has 11 heteroatoms. The fraction of sp³-hybridized carbons (Fsp3) is 0.182. The number of fused-ring (bicyclic) bond motifs is 1. The SMILES string of the molecule is COc1nc2cc(-c3cncnc3)ccc2n1C(NC(=O)c1ccccc1)(OC)C(F)(F)F. The quantitative estimate of drug-likeness (QED) is 0.444. The summed E-state index contributed by atoms with van der Waals surface area (Å²) in [5.41, 5.74) is 1.53. The van der Waals surface area contributed by atoms with Gasteiger partial charge < -0.3 is 9.47 Å². The maximum atomic E-state index is 14.5. The summed E-state index contributed by atoms with van der Waals surface area (Å²) in [6.45, 7) is 0. The Labute approximate surface area is 186 Å². The van der Waals surface area contributed by atoms with Crippen molar-refractivity contribution in [1.82, 2.24) is 24.8 Å². The number of halogens is 3. The van der Waals surface area contributed by atoms with E-state index in [0.717, 1.165) is 7.11 Å². The van der Waals surface area contributed by atoms with Crippen molar-refractivity contribution >= 4 is 16.9 Å². The minimum absolute atomic E-state index is 0.0259. The number of rotatable bonds is 6. The molecule has 0 saturated carbocycles. The van der Waals surface area contributed by atoms with E-state index in [0.29, 0.717) is 15.7 Å². The summed E-state index contributed by atoms with van der Waals surface area (Å²) in [7, 11) is 2.03. The predicted octanol–water partition coefficient (Wildman–Crippen LogP) is 3.75. The first-order chi connectivity index (χ1) is 15.8. The highest BCUT2D eigenvalue weighted by Crippen LogP contribution is 2.41. The Balaban J connectivity index is 1.90. The van der Waals surface area contributed by atoms with Crippen LogP contribution in [0.4, 0.5) is 13.2 Å². The zero-order chi connectivity index (χ0) is 23.6. The summed E-state index contributed by atoms with van der Waals surface area (Å²) in [5, 5.41) is 1.99. The van der Waals surface area contributed by atoms with Crippen LogP contribution in [0.3, 0.4) is 0 Å². The van der Waals surface area contributed by atoms with Gasteiger partial charge in [0, 0.05) is 30.6 Å². The van der Waals surface area contributed by atoms with Gasteiger partial charge in [0.25, 0.3) is 5.91 Å². The number of imidazole rings is 1. The predicted molar refractivity (Wildman–Crippen MR) is 112 cm³/mol. The van der Waals surface area contributed by atoms with Gasteiger partial charge in [0.1, 0.15) is 6.33 Å². The van der Waals surface area contributed by atoms with E-state index in [1.54, 1.807) is 42.7 Å². The molecule has 0 aliphatic rings. The average molecular weight is 457 g/mol. The molecule has 1 amide bonds. The van der Waals surface area contributed by atoms with Gasteiger partial charge in [0.05, 0.1) is 18.1 Å². The fourth-order valence-corrected chi connectivity index (χ4v) is 3.45. The molecule has 0 saturated heterocycles. The monoisotopic (exact) mass is 457 g/mol. The molecular formula is C22H18F3N5O3. The van der Waals surface area contributed by atoms with Crippen LogP contribution in [0.25, 0.3) is 22.2 Å². The third-order valence-corrected chi connectivity index (χ3v) is 5.01. The van der Waals surface area contributed by atoms with Crippen molar-refractivity contribution in [1.29, 1.82) is 0 Å². The highest BCUT2D eigenvalue weighted by atomic mass is 19.4. The van der Waals surface area contributed by atoms with Crippen molar-refractivity contribution in [3.8, 4) is 17.1 Å². The number of carbonyl (C=O) groups excluding carboxylic acids is 1. The van der Waals surface area contributed by atoms with Gasteiger partial charge in [-0.05, 0) is 29.8 Å². The molecule has 1 unspecified atom stereocenters. The molecule has 33 heavy (non-hydrogen) atoms. The van der Waals surface area contributed by atoms with Crippen LogP contribution in [0, 0.1) is 0 Å². The zero-order valence-corrected chi connectivity index (χ0v) is 17.5. The first kappa shape index (κ1) is 22.2. The van der Waals surface area contributed by atoms with Crippen LogP contribution >= 0.6 is 0 Å². The Bertz CT molecular complexity index is 1280. The maximum Gasteiger partial charge on any atom is 0.459 e. The Morgan fingerprint density at radius 1 is 1.00 bits per heavy atom. The van der Waals surface area contributed by atoms with E-state index >= 15 is 0 Å². The molecule has 0 aliphatic heterocycles. The summed E-state index contributed by atoms with van der Waals surface area (Å²) in [6.07, 6.45) is -0.584. The molecule has 4 rings (SSSR count). The van der Waals surface area contributed by atoms with Crippen molar-refractivity contribution in [3.63, 3.8) is 0 Å². The lowest BCUT2D eigenvalue weighted by Crippen LogP contribution is -2.61. The van der Waals surface area contributed by atoms with E-state index in [-0.39, 0.29) is 16.6 Å². The first-order valence-electron chi connectivity index (χ1n) is 9.62. The van der Waals surface area contributed by atoms with Gasteiger partial charge in [-0.15, -0.1) is 0 Å². The Hall–Kier alpha value is -3.99. The number of carbonyl (C=O) groups is 1. The molecule has 0 aliphatic carbocycles. The number of nitrogens with zero attached hydrogens (tertiary/aromatic N) is 4. The normalized spacial score (nSPS) is 13.5. The zero-order valence-electron chi connectivity index (χ0n) is 17.5. The summed E-state index contributed by atoms with van der Waals surface area (Å²) in [4.78, 5) is 24.8. The molecule has 1 atom stereocenters. The van der Waals surface area contributed by atoms with Crippen molar-refractivity contribution in [2.75, 3.05) is 14.2 Å². The van der Waals surface area contributed by atoms with Crippen molar-refractivity contribution in [3.05, 3.63) is 72.8 Å². The van der Waals surface area contributed by atoms with Gasteiger partial charge in [-0.2, -0.15) is 18.2 Å². The van der Waals surface area contributed by atoms with Crippen LogP contribution in [-0.2, 0) is 10.6 Å². The molecular weight excluding hydrogens is 439 g/mol. The Morgan fingerprint density at radius 3 is 2.30 bits per heavy atom. The summed E-state index contributed by atoms with van der Waals surface area (Å²) >= 11 is 0. The van der Waals surface area contributed by atoms with Crippen LogP contribution in [-0.4, -0.2) is 45.8 Å². The smallest absolute Gasteiger partial charge is 0.459 e. The Kier molecular flexibility index (Phi) is 5.73. The third-order valence-electron chi connectivity index (χ3n) is 5.01. The fourth-order valence-electron chi connectivity index (χ4n) is 3.45. The lowest BCUT2D eigenvalue weighted by molar-refractivity contribution is -0.317. The number of hydrogen-bond donors (Lipinski definition) is 1. The molecule has 0 spiro atoms. The summed E-state index contributed by atoms with van der Waals surface area (Å²) < 4.78 is 54.4. The molecule has 2 aromatic heterocycles. The van der Waals surface area contributed by atoms with E-state index in [1.165, 1.54) is 31.6 Å². The van der Waals surface area contributed by atoms with E-state index in [4.69, 9.17) is 9.47 Å². The van der Waals surface area contributed by atoms with Gasteiger partial charge >= 0.3 is 18.0 Å². The van der Waals surface area contributed by atoms with Crippen LogP contribution in [0.5, 0.6) is 6.01 Å². The lowest BCUT2D eigenvalue weighted by Gasteiger charge is -2.36. The molecule has 2 heterocycles. The average Bonchev–Trinajstić information content (AvgIpc) is 3.21. The van der Waals surface area contributed by atoms with Gasteiger partial charge in [0.2, 0.25) is 0 Å². The van der Waals surface area contributed by atoms with E-state index in [2.05, 4.69) is 15.0 Å². The second kappa shape index (κ2) is 8.51. The first-order valence-corrected chi connectivity index (χ1v) is 9.62. The lowest BCUT2D eigenvalue weighted by atomic mass is 10.1. The van der Waals surface area contributed by atoms with Crippen molar-refractivity contribution < 1.29 is 27.4 Å². The molecule has 2 aromatic carbocycles. The maximum absolute atomic E-state index is 14.5. The molecule has 170 valence electrons. The topological polar surface area (TPSA) is 91.2 Å². The van der Waals surface area contributed by atoms with Crippen LogP contribution < -0.4 is 10.1 Å². The number of alkyl halides is 3. The number of aromatic nitrogens is 4. The van der Waals surface area contributed by atoms with E-state index in [9.17, 15) is 18.0 Å². The number of hydrogen-bond acceptors (Lipinski definition) is 6.